The lowest BCUT2D eigenvalue weighted by Gasteiger charge is -2.35. The van der Waals surface area contributed by atoms with E-state index < -0.39 is 5.91 Å². The van der Waals surface area contributed by atoms with Crippen LogP contribution in [0.4, 0.5) is 0 Å². The van der Waals surface area contributed by atoms with Crippen LogP contribution in [0.25, 0.3) is 11.2 Å². The van der Waals surface area contributed by atoms with Crippen molar-refractivity contribution >= 4 is 23.0 Å². The number of amides is 2. The zero-order chi connectivity index (χ0) is 17.1. The maximum atomic E-state index is 12.6. The van der Waals surface area contributed by atoms with E-state index in [-0.39, 0.29) is 18.4 Å². The summed E-state index contributed by atoms with van der Waals surface area (Å²) >= 11 is 0. The van der Waals surface area contributed by atoms with Crippen molar-refractivity contribution in [3.8, 4) is 0 Å². The van der Waals surface area contributed by atoms with Crippen LogP contribution in [0, 0.1) is 0 Å². The molecule has 2 N–H and O–H groups in total. The molecule has 24 heavy (non-hydrogen) atoms. The Hall–Kier alpha value is -2.48. The van der Waals surface area contributed by atoms with E-state index in [2.05, 4.69) is 9.97 Å². The molecule has 1 fully saturated rings. The van der Waals surface area contributed by atoms with E-state index in [0.29, 0.717) is 32.6 Å². The summed E-state index contributed by atoms with van der Waals surface area (Å²) in [6, 6.07) is 3.47. The highest BCUT2D eigenvalue weighted by atomic mass is 16.5. The summed E-state index contributed by atoms with van der Waals surface area (Å²) in [5, 5.41) is 0. The molecule has 3 heterocycles. The first kappa shape index (κ1) is 16.4. The van der Waals surface area contributed by atoms with Gasteiger partial charge in [-0.25, -0.2) is 9.97 Å². The van der Waals surface area contributed by atoms with E-state index in [9.17, 15) is 9.59 Å². The predicted molar refractivity (Wildman–Crippen MR) is 87.0 cm³/mol. The maximum absolute atomic E-state index is 12.6. The molecule has 1 unspecified atom stereocenters. The molecule has 2 aromatic heterocycles. The number of carbonyl (C=O) groups excluding carboxylic acids is 2. The Kier molecular flexibility index (Phi) is 4.75. The highest BCUT2D eigenvalue weighted by Crippen LogP contribution is 2.16. The van der Waals surface area contributed by atoms with Gasteiger partial charge in [-0.15, -0.1) is 0 Å². The minimum absolute atomic E-state index is 0.00966. The molecule has 2 amide bonds. The Morgan fingerprint density at radius 2 is 2.29 bits per heavy atom. The normalized spacial score (nSPS) is 18.0. The molecule has 0 spiro atoms. The smallest absolute Gasteiger partial charge is 0.223 e. The van der Waals surface area contributed by atoms with Gasteiger partial charge >= 0.3 is 0 Å². The van der Waals surface area contributed by atoms with Gasteiger partial charge < -0.3 is 19.9 Å². The second kappa shape index (κ2) is 6.96. The fraction of sp³-hybridized carbons (Fsp3) is 0.500. The molecule has 1 aliphatic rings. The number of carbonyl (C=O) groups is 2. The van der Waals surface area contributed by atoms with Crippen molar-refractivity contribution in [3.05, 3.63) is 24.2 Å². The van der Waals surface area contributed by atoms with Crippen LogP contribution in [0.15, 0.2) is 18.3 Å². The minimum Gasteiger partial charge on any atom is -0.377 e. The number of imidazole rings is 1. The third-order valence-electron chi connectivity index (χ3n) is 4.27. The maximum Gasteiger partial charge on any atom is 0.223 e. The average molecular weight is 331 g/mol. The molecule has 3 rings (SSSR count). The fourth-order valence-electron chi connectivity index (χ4n) is 3.04. The second-order valence-electron chi connectivity index (χ2n) is 5.92. The lowest BCUT2D eigenvalue weighted by Crippen LogP contribution is -2.50. The Balaban J connectivity index is 1.67. The molecule has 0 radical (unpaired) electrons. The van der Waals surface area contributed by atoms with E-state index in [1.807, 2.05) is 23.7 Å². The van der Waals surface area contributed by atoms with Gasteiger partial charge in [-0.05, 0) is 12.1 Å². The number of rotatable bonds is 5. The molecule has 1 aliphatic heterocycles. The summed E-state index contributed by atoms with van der Waals surface area (Å²) in [6.45, 7) is 1.32. The molecule has 2 aromatic rings. The van der Waals surface area contributed by atoms with Gasteiger partial charge in [-0.2, -0.15) is 0 Å². The van der Waals surface area contributed by atoms with Crippen LogP contribution in [0.1, 0.15) is 18.7 Å². The van der Waals surface area contributed by atoms with Crippen LogP contribution in [0.3, 0.4) is 0 Å². The second-order valence-corrected chi connectivity index (χ2v) is 5.92. The summed E-state index contributed by atoms with van der Waals surface area (Å²) in [7, 11) is 1.90. The summed E-state index contributed by atoms with van der Waals surface area (Å²) < 4.78 is 7.26. The van der Waals surface area contributed by atoms with Crippen molar-refractivity contribution in [2.24, 2.45) is 12.8 Å². The van der Waals surface area contributed by atoms with E-state index in [0.717, 1.165) is 17.0 Å². The number of primary amides is 1. The summed E-state index contributed by atoms with van der Waals surface area (Å²) in [4.78, 5) is 34.3. The van der Waals surface area contributed by atoms with Gasteiger partial charge in [0.15, 0.2) is 5.65 Å². The Morgan fingerprint density at radius 1 is 1.46 bits per heavy atom. The van der Waals surface area contributed by atoms with E-state index >= 15 is 0 Å². The molecule has 0 saturated carbocycles. The Morgan fingerprint density at radius 3 is 3.04 bits per heavy atom. The lowest BCUT2D eigenvalue weighted by atomic mass is 10.1. The van der Waals surface area contributed by atoms with E-state index in [1.54, 1.807) is 11.1 Å². The number of morpholine rings is 1. The van der Waals surface area contributed by atoms with E-state index in [1.165, 1.54) is 0 Å². The minimum atomic E-state index is -0.426. The molecule has 8 heteroatoms. The van der Waals surface area contributed by atoms with E-state index in [4.69, 9.17) is 10.5 Å². The Bertz CT molecular complexity index is 757. The Labute approximate surface area is 139 Å². The number of nitrogens with two attached hydrogens (primary N) is 1. The molecular weight excluding hydrogens is 310 g/mol. The van der Waals surface area contributed by atoms with Crippen molar-refractivity contribution in [1.82, 2.24) is 19.4 Å². The molecule has 0 bridgehead atoms. The number of hydrogen-bond acceptors (Lipinski definition) is 5. The monoisotopic (exact) mass is 331 g/mol. The summed E-state index contributed by atoms with van der Waals surface area (Å²) in [5.41, 5.74) is 6.88. The SMILES string of the molecule is Cn1c(CCC(=O)N2CCOCC2CC(N)=O)nc2cccnc21. The van der Waals surface area contributed by atoms with Crippen LogP contribution in [0.5, 0.6) is 0 Å². The average Bonchev–Trinajstić information content (AvgIpc) is 2.89. The van der Waals surface area contributed by atoms with Gasteiger partial charge in [0, 0.05) is 39.1 Å². The predicted octanol–water partition coefficient (Wildman–Crippen LogP) is 0.00370. The number of pyridine rings is 1. The van der Waals surface area contributed by atoms with Gasteiger partial charge in [0.2, 0.25) is 11.8 Å². The first-order valence-corrected chi connectivity index (χ1v) is 7.98. The van der Waals surface area contributed by atoms with Crippen LogP contribution >= 0.6 is 0 Å². The number of hydrogen-bond donors (Lipinski definition) is 1. The van der Waals surface area contributed by atoms with Crippen LogP contribution in [-0.2, 0) is 27.8 Å². The van der Waals surface area contributed by atoms with Gasteiger partial charge in [-0.3, -0.25) is 9.59 Å². The largest absolute Gasteiger partial charge is 0.377 e. The standard InChI is InChI=1S/C16H21N5O3/c1-20-14(19-12-3-2-6-18-16(12)20)4-5-15(23)21-7-8-24-10-11(21)9-13(17)22/h2-3,6,11H,4-5,7-10H2,1H3,(H2,17,22). The number of ether oxygens (including phenoxy) is 1. The van der Waals surface area contributed by atoms with Crippen molar-refractivity contribution in [3.63, 3.8) is 0 Å². The lowest BCUT2D eigenvalue weighted by molar-refractivity contribution is -0.141. The molecule has 0 aromatic carbocycles. The first-order chi connectivity index (χ1) is 11.6. The third-order valence-corrected chi connectivity index (χ3v) is 4.27. The highest BCUT2D eigenvalue weighted by Gasteiger charge is 2.28. The molecule has 128 valence electrons. The van der Waals surface area contributed by atoms with Crippen molar-refractivity contribution in [1.29, 1.82) is 0 Å². The molecule has 8 nitrogen and oxygen atoms in total. The first-order valence-electron chi connectivity index (χ1n) is 7.98. The van der Waals surface area contributed by atoms with Crippen LogP contribution in [-0.4, -0.2) is 57.0 Å². The zero-order valence-electron chi connectivity index (χ0n) is 13.6. The van der Waals surface area contributed by atoms with Crippen LogP contribution < -0.4 is 5.73 Å². The summed E-state index contributed by atoms with van der Waals surface area (Å²) in [5.74, 6) is 0.381. The van der Waals surface area contributed by atoms with Crippen molar-refractivity contribution < 1.29 is 14.3 Å². The number of aryl methyl sites for hydroxylation is 2. The number of aromatic nitrogens is 3. The molecule has 0 aliphatic carbocycles. The zero-order valence-corrected chi connectivity index (χ0v) is 13.6. The topological polar surface area (TPSA) is 103 Å². The molecular formula is C16H21N5O3. The fourth-order valence-corrected chi connectivity index (χ4v) is 3.04. The quantitative estimate of drug-likeness (QED) is 0.831. The van der Waals surface area contributed by atoms with Gasteiger partial charge in [0.1, 0.15) is 11.3 Å². The molecule has 1 saturated heterocycles. The van der Waals surface area contributed by atoms with Crippen molar-refractivity contribution in [2.45, 2.75) is 25.3 Å². The number of fused-ring (bicyclic) bond motifs is 1. The van der Waals surface area contributed by atoms with Gasteiger partial charge in [0.05, 0.1) is 19.3 Å². The summed E-state index contributed by atoms with van der Waals surface area (Å²) in [6.07, 6.45) is 2.70. The van der Waals surface area contributed by atoms with Crippen molar-refractivity contribution in [2.75, 3.05) is 19.8 Å². The third kappa shape index (κ3) is 3.38. The van der Waals surface area contributed by atoms with Crippen LogP contribution in [0.2, 0.25) is 0 Å². The van der Waals surface area contributed by atoms with Gasteiger partial charge in [-0.1, -0.05) is 0 Å². The van der Waals surface area contributed by atoms with Gasteiger partial charge in [0.25, 0.3) is 0 Å². The highest BCUT2D eigenvalue weighted by molar-refractivity contribution is 5.79. The number of nitrogens with zero attached hydrogens (tertiary/aromatic N) is 4. The molecule has 1 atom stereocenters.